The zero-order chi connectivity index (χ0) is 14.8. The van der Waals surface area contributed by atoms with Gasteiger partial charge >= 0.3 is 0 Å². The molecule has 0 bridgehead atoms. The molecule has 0 aliphatic carbocycles. The maximum Gasteiger partial charge on any atom is 0.242 e. The van der Waals surface area contributed by atoms with E-state index in [1.807, 2.05) is 0 Å². The summed E-state index contributed by atoms with van der Waals surface area (Å²) in [5, 5.41) is 3.13. The van der Waals surface area contributed by atoms with E-state index in [4.69, 9.17) is 10.5 Å². The van der Waals surface area contributed by atoms with Crippen molar-refractivity contribution in [2.24, 2.45) is 5.73 Å². The van der Waals surface area contributed by atoms with E-state index in [9.17, 15) is 9.18 Å². The Morgan fingerprint density at radius 2 is 2.35 bits per heavy atom. The first-order valence-corrected chi connectivity index (χ1v) is 6.86. The number of rotatable bonds is 5. The van der Waals surface area contributed by atoms with Gasteiger partial charge < -0.3 is 10.5 Å². The summed E-state index contributed by atoms with van der Waals surface area (Å²) in [6, 6.07) is 4.74. The summed E-state index contributed by atoms with van der Waals surface area (Å²) in [5.41, 5.74) is 5.49. The Morgan fingerprint density at radius 1 is 1.60 bits per heavy atom. The summed E-state index contributed by atoms with van der Waals surface area (Å²) in [4.78, 5) is 11.8. The first kappa shape index (κ1) is 14.9. The standard InChI is InChI=1S/C15H21FN2O2/c1-10-5-6-11(8-13(10)16)15(2,14(17)19)18-9-12-4-3-7-20-12/h5-6,8,12,18H,3-4,7,9H2,1-2H3,(H2,17,19). The number of primary amides is 1. The normalized spacial score (nSPS) is 21.6. The van der Waals surface area contributed by atoms with Crippen LogP contribution in [0, 0.1) is 12.7 Å². The average Bonchev–Trinajstić information content (AvgIpc) is 2.92. The van der Waals surface area contributed by atoms with Crippen molar-refractivity contribution in [2.75, 3.05) is 13.2 Å². The first-order valence-electron chi connectivity index (χ1n) is 6.86. The van der Waals surface area contributed by atoms with Gasteiger partial charge in [-0.1, -0.05) is 12.1 Å². The van der Waals surface area contributed by atoms with Gasteiger partial charge in [0.2, 0.25) is 5.91 Å². The molecule has 1 aromatic carbocycles. The van der Waals surface area contributed by atoms with Gasteiger partial charge in [-0.15, -0.1) is 0 Å². The van der Waals surface area contributed by atoms with Crippen LogP contribution in [0.4, 0.5) is 4.39 Å². The molecule has 0 spiro atoms. The van der Waals surface area contributed by atoms with Gasteiger partial charge in [0, 0.05) is 13.2 Å². The summed E-state index contributed by atoms with van der Waals surface area (Å²) in [6.45, 7) is 4.63. The van der Waals surface area contributed by atoms with Crippen LogP contribution in [0.15, 0.2) is 18.2 Å². The Hall–Kier alpha value is -1.46. The summed E-state index contributed by atoms with van der Waals surface area (Å²) in [6.07, 6.45) is 2.08. The minimum atomic E-state index is -1.10. The van der Waals surface area contributed by atoms with E-state index < -0.39 is 11.4 Å². The number of hydrogen-bond acceptors (Lipinski definition) is 3. The molecule has 1 aliphatic rings. The summed E-state index contributed by atoms with van der Waals surface area (Å²) in [7, 11) is 0. The molecular weight excluding hydrogens is 259 g/mol. The first-order chi connectivity index (χ1) is 9.43. The van der Waals surface area contributed by atoms with Crippen LogP contribution in [0.25, 0.3) is 0 Å². The minimum Gasteiger partial charge on any atom is -0.377 e. The van der Waals surface area contributed by atoms with Gasteiger partial charge in [0.1, 0.15) is 11.4 Å². The van der Waals surface area contributed by atoms with E-state index in [0.29, 0.717) is 17.7 Å². The van der Waals surface area contributed by atoms with Crippen LogP contribution in [0.5, 0.6) is 0 Å². The zero-order valence-electron chi connectivity index (χ0n) is 11.9. The van der Waals surface area contributed by atoms with Crippen molar-refractivity contribution < 1.29 is 13.9 Å². The van der Waals surface area contributed by atoms with Crippen molar-refractivity contribution in [3.8, 4) is 0 Å². The van der Waals surface area contributed by atoms with Crippen LogP contribution < -0.4 is 11.1 Å². The Morgan fingerprint density at radius 3 is 2.90 bits per heavy atom. The molecule has 20 heavy (non-hydrogen) atoms. The van der Waals surface area contributed by atoms with Crippen LogP contribution in [0.3, 0.4) is 0 Å². The highest BCUT2D eigenvalue weighted by atomic mass is 19.1. The van der Waals surface area contributed by atoms with Gasteiger partial charge in [-0.25, -0.2) is 4.39 Å². The van der Waals surface area contributed by atoms with E-state index >= 15 is 0 Å². The van der Waals surface area contributed by atoms with E-state index in [0.717, 1.165) is 19.4 Å². The molecule has 1 aliphatic heterocycles. The summed E-state index contributed by atoms with van der Waals surface area (Å²) >= 11 is 0. The molecular formula is C15H21FN2O2. The van der Waals surface area contributed by atoms with Gasteiger partial charge in [-0.05, 0) is 43.9 Å². The van der Waals surface area contributed by atoms with E-state index in [-0.39, 0.29) is 11.9 Å². The number of nitrogens with two attached hydrogens (primary N) is 1. The Balaban J connectivity index is 2.18. The summed E-state index contributed by atoms with van der Waals surface area (Å²) < 4.78 is 19.2. The molecule has 1 heterocycles. The molecule has 1 fully saturated rings. The van der Waals surface area contributed by atoms with Crippen LogP contribution in [-0.4, -0.2) is 25.2 Å². The molecule has 2 rings (SSSR count). The monoisotopic (exact) mass is 280 g/mol. The Labute approximate surface area is 118 Å². The van der Waals surface area contributed by atoms with Gasteiger partial charge in [0.25, 0.3) is 0 Å². The number of carbonyl (C=O) groups excluding carboxylic acids is 1. The van der Waals surface area contributed by atoms with E-state index in [1.54, 1.807) is 26.0 Å². The van der Waals surface area contributed by atoms with Crippen molar-refractivity contribution in [1.29, 1.82) is 0 Å². The quantitative estimate of drug-likeness (QED) is 0.861. The van der Waals surface area contributed by atoms with Gasteiger partial charge in [0.05, 0.1) is 6.10 Å². The number of hydrogen-bond donors (Lipinski definition) is 2. The molecule has 0 aromatic heterocycles. The van der Waals surface area contributed by atoms with Crippen molar-refractivity contribution in [3.63, 3.8) is 0 Å². The number of nitrogens with one attached hydrogen (secondary N) is 1. The highest BCUT2D eigenvalue weighted by Gasteiger charge is 2.34. The second kappa shape index (κ2) is 5.89. The van der Waals surface area contributed by atoms with E-state index in [2.05, 4.69) is 5.32 Å². The fourth-order valence-electron chi connectivity index (χ4n) is 2.36. The molecule has 2 atom stereocenters. The predicted octanol–water partition coefficient (Wildman–Crippen LogP) is 1.60. The molecule has 0 radical (unpaired) electrons. The Kier molecular flexibility index (Phi) is 4.40. The minimum absolute atomic E-state index is 0.0870. The average molecular weight is 280 g/mol. The lowest BCUT2D eigenvalue weighted by atomic mass is 9.90. The highest BCUT2D eigenvalue weighted by molar-refractivity contribution is 5.85. The van der Waals surface area contributed by atoms with Crippen LogP contribution >= 0.6 is 0 Å². The molecule has 1 aromatic rings. The molecule has 0 saturated carbocycles. The maximum atomic E-state index is 13.7. The highest BCUT2D eigenvalue weighted by Crippen LogP contribution is 2.23. The number of amides is 1. The molecule has 5 heteroatoms. The van der Waals surface area contributed by atoms with Crippen molar-refractivity contribution in [3.05, 3.63) is 35.1 Å². The van der Waals surface area contributed by atoms with Gasteiger partial charge in [0.15, 0.2) is 0 Å². The van der Waals surface area contributed by atoms with Crippen LogP contribution in [0.1, 0.15) is 30.9 Å². The third-order valence-corrected chi connectivity index (χ3v) is 3.95. The molecule has 3 N–H and O–H groups in total. The zero-order valence-corrected chi connectivity index (χ0v) is 11.9. The molecule has 2 unspecified atom stereocenters. The fourth-order valence-corrected chi connectivity index (χ4v) is 2.36. The van der Waals surface area contributed by atoms with E-state index in [1.165, 1.54) is 6.07 Å². The molecule has 110 valence electrons. The second-order valence-electron chi connectivity index (χ2n) is 5.47. The molecule has 1 amide bonds. The van der Waals surface area contributed by atoms with Crippen molar-refractivity contribution in [2.45, 2.75) is 38.3 Å². The topological polar surface area (TPSA) is 64.3 Å². The number of halogens is 1. The fraction of sp³-hybridized carbons (Fsp3) is 0.533. The second-order valence-corrected chi connectivity index (χ2v) is 5.47. The number of ether oxygens (including phenoxy) is 1. The number of aryl methyl sites for hydroxylation is 1. The summed E-state index contributed by atoms with van der Waals surface area (Å²) in [5.74, 6) is -0.868. The number of carbonyl (C=O) groups is 1. The lowest BCUT2D eigenvalue weighted by Crippen LogP contribution is -2.52. The third-order valence-electron chi connectivity index (χ3n) is 3.95. The molecule has 1 saturated heterocycles. The number of benzene rings is 1. The van der Waals surface area contributed by atoms with Crippen molar-refractivity contribution >= 4 is 5.91 Å². The Bertz CT molecular complexity index is 501. The predicted molar refractivity (Wildman–Crippen MR) is 74.7 cm³/mol. The van der Waals surface area contributed by atoms with Crippen LogP contribution in [-0.2, 0) is 15.1 Å². The third kappa shape index (κ3) is 2.99. The van der Waals surface area contributed by atoms with Gasteiger partial charge in [-0.3, -0.25) is 10.1 Å². The largest absolute Gasteiger partial charge is 0.377 e. The van der Waals surface area contributed by atoms with Crippen molar-refractivity contribution in [1.82, 2.24) is 5.32 Å². The maximum absolute atomic E-state index is 13.7. The van der Waals surface area contributed by atoms with Crippen LogP contribution in [0.2, 0.25) is 0 Å². The SMILES string of the molecule is Cc1ccc(C(C)(NCC2CCCO2)C(N)=O)cc1F. The lowest BCUT2D eigenvalue weighted by molar-refractivity contribution is -0.124. The lowest BCUT2D eigenvalue weighted by Gasteiger charge is -2.29. The smallest absolute Gasteiger partial charge is 0.242 e. The molecule has 4 nitrogen and oxygen atoms in total. The van der Waals surface area contributed by atoms with Gasteiger partial charge in [-0.2, -0.15) is 0 Å².